The van der Waals surface area contributed by atoms with Crippen LogP contribution in [-0.4, -0.2) is 67.9 Å². The number of amides is 1. The predicted octanol–water partition coefficient (Wildman–Crippen LogP) is 1.18. The minimum Gasteiger partial charge on any atom is -0.444 e. The van der Waals surface area contributed by atoms with Gasteiger partial charge in [-0.1, -0.05) is 0 Å². The highest BCUT2D eigenvalue weighted by Crippen LogP contribution is 2.40. The number of likely N-dealkylation sites (tertiary alicyclic amines) is 1. The first-order chi connectivity index (χ1) is 8.23. The van der Waals surface area contributed by atoms with Gasteiger partial charge in [0.15, 0.2) is 0 Å². The maximum absolute atomic E-state index is 12.1. The van der Waals surface area contributed by atoms with E-state index in [-0.39, 0.29) is 11.5 Å². The van der Waals surface area contributed by atoms with Crippen LogP contribution in [0.5, 0.6) is 0 Å². The Morgan fingerprint density at radius 3 is 2.33 bits per heavy atom. The summed E-state index contributed by atoms with van der Waals surface area (Å²) in [6.45, 7) is 8.65. The van der Waals surface area contributed by atoms with Crippen LogP contribution in [0.4, 0.5) is 4.79 Å². The number of rotatable bonds is 1. The summed E-state index contributed by atoms with van der Waals surface area (Å²) in [5.74, 6) is 0. The zero-order valence-corrected chi connectivity index (χ0v) is 12.0. The van der Waals surface area contributed by atoms with Gasteiger partial charge in [-0.3, -0.25) is 0 Å². The molecule has 0 bridgehead atoms. The summed E-state index contributed by atoms with van der Waals surface area (Å²) >= 11 is 0. The number of hydrogen-bond donors (Lipinski definition) is 0. The summed E-state index contributed by atoms with van der Waals surface area (Å²) in [6.07, 6.45) is -0.210. The molecule has 2 rings (SSSR count). The summed E-state index contributed by atoms with van der Waals surface area (Å²) in [4.78, 5) is 16.1. The largest absolute Gasteiger partial charge is 0.444 e. The third-order valence-electron chi connectivity index (χ3n) is 3.66. The van der Waals surface area contributed by atoms with E-state index in [0.717, 1.165) is 26.3 Å². The van der Waals surface area contributed by atoms with Crippen LogP contribution >= 0.6 is 0 Å². The minimum absolute atomic E-state index is 0.112. The van der Waals surface area contributed by atoms with Crippen LogP contribution in [0.3, 0.4) is 0 Å². The summed E-state index contributed by atoms with van der Waals surface area (Å²) in [5, 5.41) is 0. The Morgan fingerprint density at radius 1 is 1.39 bits per heavy atom. The highest BCUT2D eigenvalue weighted by atomic mass is 16.6. The van der Waals surface area contributed by atoms with Gasteiger partial charge in [-0.25, -0.2) is 4.79 Å². The average molecular weight is 256 g/mol. The van der Waals surface area contributed by atoms with Gasteiger partial charge in [-0.05, 0) is 34.9 Å². The third-order valence-corrected chi connectivity index (χ3v) is 3.66. The second kappa shape index (κ2) is 4.38. The lowest BCUT2D eigenvalue weighted by molar-refractivity contribution is -0.130. The van der Waals surface area contributed by atoms with Gasteiger partial charge in [0.05, 0.1) is 18.6 Å². The summed E-state index contributed by atoms with van der Waals surface area (Å²) < 4.78 is 10.8. The average Bonchev–Trinajstić information content (AvgIpc) is 2.53. The van der Waals surface area contributed by atoms with Crippen molar-refractivity contribution in [3.05, 3.63) is 0 Å². The van der Waals surface area contributed by atoms with E-state index in [1.807, 2.05) is 25.7 Å². The Balaban J connectivity index is 2.03. The van der Waals surface area contributed by atoms with Gasteiger partial charge in [0.2, 0.25) is 0 Å². The van der Waals surface area contributed by atoms with Crippen molar-refractivity contribution in [1.82, 2.24) is 9.80 Å². The summed E-state index contributed by atoms with van der Waals surface area (Å²) in [5.41, 5.74) is -0.322. The molecule has 0 aromatic rings. The van der Waals surface area contributed by atoms with Gasteiger partial charge < -0.3 is 19.3 Å². The lowest BCUT2D eigenvalue weighted by Crippen LogP contribution is -2.55. The molecule has 2 aliphatic heterocycles. The topological polar surface area (TPSA) is 42.0 Å². The van der Waals surface area contributed by atoms with E-state index in [0.29, 0.717) is 6.04 Å². The van der Waals surface area contributed by atoms with Gasteiger partial charge >= 0.3 is 6.09 Å². The van der Waals surface area contributed by atoms with Crippen molar-refractivity contribution >= 4 is 6.09 Å². The SMILES string of the molecule is CN(C)C1CN(C(=O)OC(C)(C)C)CC12COC2. The molecular weight excluding hydrogens is 232 g/mol. The fourth-order valence-electron chi connectivity index (χ4n) is 2.78. The first-order valence-corrected chi connectivity index (χ1v) is 6.46. The molecule has 0 aromatic carbocycles. The monoisotopic (exact) mass is 256 g/mol. The van der Waals surface area contributed by atoms with Gasteiger partial charge in [0, 0.05) is 19.1 Å². The zero-order valence-electron chi connectivity index (χ0n) is 12.0. The maximum Gasteiger partial charge on any atom is 0.410 e. The standard InChI is InChI=1S/C13H24N2O3/c1-12(2,3)18-11(16)15-6-10(14(4)5)13(7-15)8-17-9-13/h10H,6-9H2,1-5H3. The molecule has 0 aliphatic carbocycles. The molecule has 18 heavy (non-hydrogen) atoms. The fourth-order valence-corrected chi connectivity index (χ4v) is 2.78. The van der Waals surface area contributed by atoms with Crippen LogP contribution in [0.2, 0.25) is 0 Å². The number of nitrogens with zero attached hydrogens (tertiary/aromatic N) is 2. The molecule has 2 aliphatic rings. The minimum atomic E-state index is -0.434. The first kappa shape index (κ1) is 13.6. The Morgan fingerprint density at radius 2 is 2.00 bits per heavy atom. The first-order valence-electron chi connectivity index (χ1n) is 6.46. The van der Waals surface area contributed by atoms with Crippen molar-refractivity contribution in [3.8, 4) is 0 Å². The molecule has 0 radical (unpaired) electrons. The maximum atomic E-state index is 12.1. The van der Waals surface area contributed by atoms with Crippen molar-refractivity contribution in [1.29, 1.82) is 0 Å². The van der Waals surface area contributed by atoms with E-state index in [4.69, 9.17) is 9.47 Å². The molecular formula is C13H24N2O3. The third kappa shape index (κ3) is 2.47. The van der Waals surface area contributed by atoms with Gasteiger partial charge in [0.1, 0.15) is 5.60 Å². The number of carbonyl (C=O) groups is 1. The molecule has 2 saturated heterocycles. The van der Waals surface area contributed by atoms with Crippen molar-refractivity contribution in [3.63, 3.8) is 0 Å². The number of ether oxygens (including phenoxy) is 2. The van der Waals surface area contributed by atoms with Crippen molar-refractivity contribution < 1.29 is 14.3 Å². The van der Waals surface area contributed by atoms with Gasteiger partial charge in [0.25, 0.3) is 0 Å². The second-order valence-electron chi connectivity index (χ2n) is 6.70. The molecule has 1 spiro atoms. The lowest BCUT2D eigenvalue weighted by Gasteiger charge is -2.44. The van der Waals surface area contributed by atoms with Gasteiger partial charge in [-0.15, -0.1) is 0 Å². The van der Waals surface area contributed by atoms with Crippen molar-refractivity contribution in [2.24, 2.45) is 5.41 Å². The molecule has 5 nitrogen and oxygen atoms in total. The molecule has 5 heteroatoms. The van der Waals surface area contributed by atoms with Crippen LogP contribution in [0.25, 0.3) is 0 Å². The molecule has 0 saturated carbocycles. The quantitative estimate of drug-likeness (QED) is 0.706. The van der Waals surface area contributed by atoms with Crippen LogP contribution in [0.1, 0.15) is 20.8 Å². The normalized spacial score (nSPS) is 26.6. The molecule has 104 valence electrons. The van der Waals surface area contributed by atoms with Crippen LogP contribution in [0, 0.1) is 5.41 Å². The molecule has 0 N–H and O–H groups in total. The Labute approximate surface area is 109 Å². The van der Waals surface area contributed by atoms with E-state index < -0.39 is 5.60 Å². The Kier molecular flexibility index (Phi) is 3.32. The van der Waals surface area contributed by atoms with E-state index in [9.17, 15) is 4.79 Å². The lowest BCUT2D eigenvalue weighted by atomic mass is 9.80. The Hall–Kier alpha value is -0.810. The molecule has 0 aromatic heterocycles. The number of hydrogen-bond acceptors (Lipinski definition) is 4. The van der Waals surface area contributed by atoms with E-state index in [1.54, 1.807) is 0 Å². The molecule has 2 heterocycles. The van der Waals surface area contributed by atoms with E-state index in [1.165, 1.54) is 0 Å². The number of likely N-dealkylation sites (N-methyl/N-ethyl adjacent to an activating group) is 1. The fraction of sp³-hybridized carbons (Fsp3) is 0.923. The van der Waals surface area contributed by atoms with Crippen LogP contribution < -0.4 is 0 Å². The summed E-state index contributed by atoms with van der Waals surface area (Å²) in [6, 6.07) is 0.360. The highest BCUT2D eigenvalue weighted by molar-refractivity contribution is 5.69. The smallest absolute Gasteiger partial charge is 0.410 e. The molecule has 2 fully saturated rings. The Bertz CT molecular complexity index is 332. The van der Waals surface area contributed by atoms with Crippen LogP contribution in [0.15, 0.2) is 0 Å². The number of carbonyl (C=O) groups excluding carboxylic acids is 1. The van der Waals surface area contributed by atoms with Crippen molar-refractivity contribution in [2.45, 2.75) is 32.4 Å². The molecule has 1 unspecified atom stereocenters. The van der Waals surface area contributed by atoms with Crippen molar-refractivity contribution in [2.75, 3.05) is 40.4 Å². The van der Waals surface area contributed by atoms with E-state index >= 15 is 0 Å². The van der Waals surface area contributed by atoms with E-state index in [2.05, 4.69) is 19.0 Å². The second-order valence-corrected chi connectivity index (χ2v) is 6.70. The molecule has 1 atom stereocenters. The highest BCUT2D eigenvalue weighted by Gasteiger charge is 2.54. The predicted molar refractivity (Wildman–Crippen MR) is 68.5 cm³/mol. The van der Waals surface area contributed by atoms with Crippen LogP contribution in [-0.2, 0) is 9.47 Å². The zero-order chi connectivity index (χ0) is 13.6. The van der Waals surface area contributed by atoms with Gasteiger partial charge in [-0.2, -0.15) is 0 Å². The summed E-state index contributed by atoms with van der Waals surface area (Å²) in [7, 11) is 4.12. The molecule has 1 amide bonds.